The van der Waals surface area contributed by atoms with E-state index in [1.54, 1.807) is 24.3 Å². The average molecular weight is 280 g/mol. The first-order chi connectivity index (χ1) is 9.43. The molecule has 0 aliphatic rings. The van der Waals surface area contributed by atoms with Crippen molar-refractivity contribution in [2.24, 2.45) is 0 Å². The number of carbonyl (C=O) groups is 3. The van der Waals surface area contributed by atoms with Gasteiger partial charge in [-0.1, -0.05) is 0 Å². The Labute approximate surface area is 115 Å². The second kappa shape index (κ2) is 7.25. The van der Waals surface area contributed by atoms with Crippen molar-refractivity contribution >= 4 is 23.5 Å². The van der Waals surface area contributed by atoms with Crippen molar-refractivity contribution in [3.8, 4) is 0 Å². The summed E-state index contributed by atoms with van der Waals surface area (Å²) in [6.07, 6.45) is -1.41. The minimum Gasteiger partial charge on any atom is -0.467 e. The molecule has 3 N–H and O–H groups in total. The second-order valence-corrected chi connectivity index (χ2v) is 4.01. The number of hydrogen-bond acceptors (Lipinski definition) is 5. The molecule has 20 heavy (non-hydrogen) atoms. The molecule has 0 fully saturated rings. The molecule has 1 aromatic carbocycles. The van der Waals surface area contributed by atoms with Gasteiger partial charge in [-0.25, -0.2) is 9.59 Å². The number of aliphatic hydroxyl groups excluding tert-OH is 1. The number of rotatable bonds is 5. The van der Waals surface area contributed by atoms with Crippen molar-refractivity contribution < 1.29 is 24.2 Å². The predicted molar refractivity (Wildman–Crippen MR) is 71.5 cm³/mol. The van der Waals surface area contributed by atoms with Crippen LogP contribution < -0.4 is 10.6 Å². The first-order valence-electron chi connectivity index (χ1n) is 5.85. The van der Waals surface area contributed by atoms with Crippen molar-refractivity contribution in [1.82, 2.24) is 5.32 Å². The van der Waals surface area contributed by atoms with Gasteiger partial charge >= 0.3 is 12.0 Å². The minimum absolute atomic E-state index is 0.0674. The number of carbonyl (C=O) groups excluding carboxylic acids is 3. The van der Waals surface area contributed by atoms with Crippen molar-refractivity contribution in [3.63, 3.8) is 0 Å². The number of ether oxygens (including phenoxy) is 1. The molecule has 0 saturated carbocycles. The number of methoxy groups -OCH3 is 1. The Bertz CT molecular complexity index is 498. The molecule has 7 nitrogen and oxygen atoms in total. The Hall–Kier alpha value is -2.41. The van der Waals surface area contributed by atoms with Crippen LogP contribution in [0.2, 0.25) is 0 Å². The Morgan fingerprint density at radius 1 is 1.25 bits per heavy atom. The van der Waals surface area contributed by atoms with E-state index in [2.05, 4.69) is 15.4 Å². The maximum Gasteiger partial charge on any atom is 0.336 e. The minimum atomic E-state index is -1.41. The number of nitrogens with one attached hydrogen (secondary N) is 2. The number of ketones is 1. The molecular formula is C13H16N2O5. The molecule has 0 aromatic heterocycles. The standard InChI is InChI=1S/C13H16N2O5/c1-8(16)9-3-5-10(6-4-9)15-13(19)14-7-11(17)12(18)20-2/h3-6,11,17H,7H2,1-2H3,(H2,14,15,19)/t11-/m0/s1. The molecule has 108 valence electrons. The highest BCUT2D eigenvalue weighted by molar-refractivity contribution is 5.95. The molecular weight excluding hydrogens is 264 g/mol. The molecule has 0 aliphatic heterocycles. The summed E-state index contributed by atoms with van der Waals surface area (Å²) < 4.78 is 4.31. The van der Waals surface area contributed by atoms with Crippen LogP contribution in [0.15, 0.2) is 24.3 Å². The maximum absolute atomic E-state index is 11.5. The Morgan fingerprint density at radius 2 is 1.85 bits per heavy atom. The first kappa shape index (κ1) is 15.6. The number of esters is 1. The van der Waals surface area contributed by atoms with Gasteiger partial charge in [-0.15, -0.1) is 0 Å². The number of urea groups is 1. The lowest BCUT2D eigenvalue weighted by Crippen LogP contribution is -2.39. The van der Waals surface area contributed by atoms with Gasteiger partial charge in [0.25, 0.3) is 0 Å². The van der Waals surface area contributed by atoms with Gasteiger partial charge in [-0.05, 0) is 31.2 Å². The van der Waals surface area contributed by atoms with Crippen LogP contribution in [0.25, 0.3) is 0 Å². The fourth-order valence-electron chi connectivity index (χ4n) is 1.37. The summed E-state index contributed by atoms with van der Waals surface area (Å²) in [4.78, 5) is 33.5. The summed E-state index contributed by atoms with van der Waals surface area (Å²) in [5, 5.41) is 14.1. The topological polar surface area (TPSA) is 105 Å². The molecule has 7 heteroatoms. The summed E-state index contributed by atoms with van der Waals surface area (Å²) >= 11 is 0. The lowest BCUT2D eigenvalue weighted by Gasteiger charge is -2.11. The number of benzene rings is 1. The van der Waals surface area contributed by atoms with Crippen LogP contribution in [-0.2, 0) is 9.53 Å². The zero-order valence-electron chi connectivity index (χ0n) is 11.2. The van der Waals surface area contributed by atoms with Gasteiger partial charge in [0.15, 0.2) is 11.9 Å². The van der Waals surface area contributed by atoms with E-state index in [0.717, 1.165) is 7.11 Å². The third-order valence-electron chi connectivity index (χ3n) is 2.48. The fourth-order valence-corrected chi connectivity index (χ4v) is 1.37. The smallest absolute Gasteiger partial charge is 0.336 e. The summed E-state index contributed by atoms with van der Waals surface area (Å²) in [5.74, 6) is -0.890. The molecule has 0 unspecified atom stereocenters. The van der Waals surface area contributed by atoms with Crippen LogP contribution >= 0.6 is 0 Å². The fraction of sp³-hybridized carbons (Fsp3) is 0.308. The van der Waals surface area contributed by atoms with Gasteiger partial charge in [0.2, 0.25) is 0 Å². The van der Waals surface area contributed by atoms with Crippen LogP contribution in [0.1, 0.15) is 17.3 Å². The van der Waals surface area contributed by atoms with Gasteiger partial charge in [0.1, 0.15) is 0 Å². The first-order valence-corrected chi connectivity index (χ1v) is 5.85. The van der Waals surface area contributed by atoms with E-state index < -0.39 is 18.1 Å². The zero-order valence-corrected chi connectivity index (χ0v) is 11.2. The number of hydrogen-bond donors (Lipinski definition) is 3. The summed E-state index contributed by atoms with van der Waals surface area (Å²) in [6, 6.07) is 5.74. The monoisotopic (exact) mass is 280 g/mol. The molecule has 0 aliphatic carbocycles. The second-order valence-electron chi connectivity index (χ2n) is 4.01. The lowest BCUT2D eigenvalue weighted by molar-refractivity contribution is -0.149. The third-order valence-corrected chi connectivity index (χ3v) is 2.48. The summed E-state index contributed by atoms with van der Waals surface area (Å²) in [5.41, 5.74) is 1.03. The SMILES string of the molecule is COC(=O)[C@@H](O)CNC(=O)Nc1ccc(C(C)=O)cc1. The Kier molecular flexibility index (Phi) is 5.67. The highest BCUT2D eigenvalue weighted by atomic mass is 16.5. The highest BCUT2D eigenvalue weighted by Crippen LogP contribution is 2.09. The van der Waals surface area contributed by atoms with Gasteiger partial charge in [0.05, 0.1) is 13.7 Å². The van der Waals surface area contributed by atoms with E-state index in [0.29, 0.717) is 11.3 Å². The molecule has 1 rings (SSSR count). The number of amides is 2. The zero-order chi connectivity index (χ0) is 15.1. The van der Waals surface area contributed by atoms with Crippen LogP contribution in [0.3, 0.4) is 0 Å². The van der Waals surface area contributed by atoms with Crippen molar-refractivity contribution in [3.05, 3.63) is 29.8 Å². The molecule has 0 heterocycles. The van der Waals surface area contributed by atoms with E-state index >= 15 is 0 Å². The Balaban J connectivity index is 2.46. The van der Waals surface area contributed by atoms with E-state index in [4.69, 9.17) is 0 Å². The number of anilines is 1. The molecule has 0 spiro atoms. The van der Waals surface area contributed by atoms with E-state index in [-0.39, 0.29) is 12.3 Å². The quantitative estimate of drug-likeness (QED) is 0.539. The van der Waals surface area contributed by atoms with Crippen LogP contribution in [-0.4, -0.2) is 42.6 Å². The van der Waals surface area contributed by atoms with Crippen LogP contribution in [0.4, 0.5) is 10.5 Å². The van der Waals surface area contributed by atoms with Crippen LogP contribution in [0.5, 0.6) is 0 Å². The average Bonchev–Trinajstić information content (AvgIpc) is 2.44. The summed E-state index contributed by atoms with van der Waals surface area (Å²) in [6.45, 7) is 1.19. The lowest BCUT2D eigenvalue weighted by atomic mass is 10.1. The third kappa shape index (κ3) is 4.69. The van der Waals surface area contributed by atoms with E-state index in [1.165, 1.54) is 6.92 Å². The summed E-state index contributed by atoms with van der Waals surface area (Å²) in [7, 11) is 1.14. The Morgan fingerprint density at radius 3 is 2.35 bits per heavy atom. The molecule has 0 radical (unpaired) electrons. The molecule has 2 amide bonds. The van der Waals surface area contributed by atoms with Gasteiger partial charge < -0.3 is 20.5 Å². The van der Waals surface area contributed by atoms with Gasteiger partial charge in [-0.2, -0.15) is 0 Å². The largest absolute Gasteiger partial charge is 0.467 e. The molecule has 0 bridgehead atoms. The van der Waals surface area contributed by atoms with Crippen molar-refractivity contribution in [1.29, 1.82) is 0 Å². The molecule has 0 saturated heterocycles. The van der Waals surface area contributed by atoms with Gasteiger partial charge in [-0.3, -0.25) is 4.79 Å². The number of Topliss-reactive ketones (excluding diaryl/α,β-unsaturated/α-hetero) is 1. The van der Waals surface area contributed by atoms with E-state index in [1.807, 2.05) is 0 Å². The number of aliphatic hydroxyl groups is 1. The van der Waals surface area contributed by atoms with Crippen molar-refractivity contribution in [2.45, 2.75) is 13.0 Å². The predicted octanol–water partition coefficient (Wildman–Crippen LogP) is 0.545. The molecule has 1 aromatic rings. The molecule has 1 atom stereocenters. The maximum atomic E-state index is 11.5. The normalized spacial score (nSPS) is 11.3. The van der Waals surface area contributed by atoms with Crippen LogP contribution in [0, 0.1) is 0 Å². The van der Waals surface area contributed by atoms with Crippen molar-refractivity contribution in [2.75, 3.05) is 19.0 Å². The van der Waals surface area contributed by atoms with Gasteiger partial charge in [0, 0.05) is 11.3 Å². The van der Waals surface area contributed by atoms with E-state index in [9.17, 15) is 19.5 Å². The highest BCUT2D eigenvalue weighted by Gasteiger charge is 2.16.